The number of hydrogen-bond donors (Lipinski definition) is 3. The number of hydrogen-bond acceptors (Lipinski definition) is 3. The first-order valence-electron chi connectivity index (χ1n) is 6.94. The predicted octanol–water partition coefficient (Wildman–Crippen LogP) is 2.02. The van der Waals surface area contributed by atoms with Crippen molar-refractivity contribution in [2.45, 2.75) is 39.7 Å². The number of imidazole rings is 1. The van der Waals surface area contributed by atoms with E-state index in [1.165, 1.54) is 6.07 Å². The summed E-state index contributed by atoms with van der Waals surface area (Å²) in [5, 5.41) is 2.89. The van der Waals surface area contributed by atoms with Crippen molar-refractivity contribution >= 4 is 5.91 Å². The van der Waals surface area contributed by atoms with Gasteiger partial charge in [0.25, 0.3) is 5.91 Å². The van der Waals surface area contributed by atoms with E-state index in [4.69, 9.17) is 0 Å². The third-order valence-corrected chi connectivity index (χ3v) is 3.25. The summed E-state index contributed by atoms with van der Waals surface area (Å²) in [5.41, 5.74) is 1.87. The Hall–Kier alpha value is -2.37. The molecule has 0 aliphatic heterocycles. The number of aryl methyl sites for hydroxylation is 1. The van der Waals surface area contributed by atoms with Crippen LogP contribution in [0.25, 0.3) is 0 Å². The summed E-state index contributed by atoms with van der Waals surface area (Å²) in [6.07, 6.45) is 1.72. The van der Waals surface area contributed by atoms with Gasteiger partial charge in [-0.25, -0.2) is 4.98 Å². The molecule has 1 atom stereocenters. The van der Waals surface area contributed by atoms with E-state index in [0.717, 1.165) is 5.69 Å². The Balaban J connectivity index is 2.22. The second-order valence-corrected chi connectivity index (χ2v) is 5.45. The van der Waals surface area contributed by atoms with Crippen molar-refractivity contribution in [3.63, 3.8) is 0 Å². The minimum Gasteiger partial charge on any atom is -0.344 e. The average Bonchev–Trinajstić information content (AvgIpc) is 2.85. The molecule has 0 fully saturated rings. The molecule has 1 amide bonds. The number of nitrogens with zero attached hydrogens (tertiary/aromatic N) is 1. The van der Waals surface area contributed by atoms with Gasteiger partial charge in [0.1, 0.15) is 5.82 Å². The van der Waals surface area contributed by atoms with Crippen molar-refractivity contribution in [3.05, 3.63) is 51.5 Å². The number of carbonyl (C=O) groups excluding carboxylic acids is 1. The number of aromatic amines is 2. The lowest BCUT2D eigenvalue weighted by atomic mass is 10.0. The number of carbonyl (C=O) groups is 1. The summed E-state index contributed by atoms with van der Waals surface area (Å²) in [6.45, 7) is 7.63. The van der Waals surface area contributed by atoms with Crippen LogP contribution in [0.2, 0.25) is 0 Å². The third kappa shape index (κ3) is 3.39. The highest BCUT2D eigenvalue weighted by Gasteiger charge is 2.18. The standard InChI is InChI=1S/C15H20N4O2/c1-8(2)13-11(5-6-12(20)19-13)15(21)18-10(4)14-16-7-9(3)17-14/h5-8,10H,1-4H3,(H,16,17)(H,18,21)(H,19,20). The van der Waals surface area contributed by atoms with E-state index in [0.29, 0.717) is 17.1 Å². The maximum atomic E-state index is 12.4. The van der Waals surface area contributed by atoms with E-state index in [1.54, 1.807) is 12.3 Å². The molecule has 0 radical (unpaired) electrons. The quantitative estimate of drug-likeness (QED) is 0.804. The largest absolute Gasteiger partial charge is 0.344 e. The molecule has 2 heterocycles. The van der Waals surface area contributed by atoms with Crippen LogP contribution in [0, 0.1) is 6.92 Å². The average molecular weight is 288 g/mol. The first-order valence-corrected chi connectivity index (χ1v) is 6.94. The molecule has 0 aliphatic carbocycles. The van der Waals surface area contributed by atoms with Crippen molar-refractivity contribution in [2.75, 3.05) is 0 Å². The van der Waals surface area contributed by atoms with Gasteiger partial charge in [0.2, 0.25) is 5.56 Å². The van der Waals surface area contributed by atoms with Crippen LogP contribution in [0.3, 0.4) is 0 Å². The van der Waals surface area contributed by atoms with E-state index < -0.39 is 0 Å². The molecule has 0 saturated carbocycles. The van der Waals surface area contributed by atoms with Crippen molar-refractivity contribution in [3.8, 4) is 0 Å². The van der Waals surface area contributed by atoms with Gasteiger partial charge in [-0.1, -0.05) is 13.8 Å². The number of amides is 1. The lowest BCUT2D eigenvalue weighted by molar-refractivity contribution is 0.0936. The molecule has 0 aromatic carbocycles. The predicted molar refractivity (Wildman–Crippen MR) is 80.4 cm³/mol. The Labute approximate surface area is 123 Å². The van der Waals surface area contributed by atoms with Gasteiger partial charge in [-0.2, -0.15) is 0 Å². The van der Waals surface area contributed by atoms with E-state index >= 15 is 0 Å². The highest BCUT2D eigenvalue weighted by atomic mass is 16.2. The molecule has 0 bridgehead atoms. The molecule has 21 heavy (non-hydrogen) atoms. The van der Waals surface area contributed by atoms with Crippen LogP contribution in [-0.2, 0) is 0 Å². The van der Waals surface area contributed by atoms with Crippen LogP contribution in [0.1, 0.15) is 60.3 Å². The highest BCUT2D eigenvalue weighted by Crippen LogP contribution is 2.16. The van der Waals surface area contributed by atoms with E-state index in [2.05, 4.69) is 20.3 Å². The fourth-order valence-corrected chi connectivity index (χ4v) is 2.14. The van der Waals surface area contributed by atoms with Gasteiger partial charge in [0.15, 0.2) is 0 Å². The first-order chi connectivity index (χ1) is 9.88. The molecule has 3 N–H and O–H groups in total. The van der Waals surface area contributed by atoms with Crippen molar-refractivity contribution < 1.29 is 4.79 Å². The second kappa shape index (κ2) is 5.95. The molecule has 6 nitrogen and oxygen atoms in total. The number of nitrogens with one attached hydrogen (secondary N) is 3. The third-order valence-electron chi connectivity index (χ3n) is 3.25. The smallest absolute Gasteiger partial charge is 0.253 e. The van der Waals surface area contributed by atoms with Crippen molar-refractivity contribution in [2.24, 2.45) is 0 Å². The maximum absolute atomic E-state index is 12.4. The van der Waals surface area contributed by atoms with Crippen LogP contribution in [-0.4, -0.2) is 20.9 Å². The minimum absolute atomic E-state index is 0.0563. The van der Waals surface area contributed by atoms with Crippen LogP contribution in [0.15, 0.2) is 23.1 Å². The summed E-state index contributed by atoms with van der Waals surface area (Å²) in [6, 6.07) is 2.68. The molecule has 2 aromatic heterocycles. The van der Waals surface area contributed by atoms with Gasteiger partial charge >= 0.3 is 0 Å². The molecular weight excluding hydrogens is 268 g/mol. The van der Waals surface area contributed by atoms with Crippen molar-refractivity contribution in [1.29, 1.82) is 0 Å². The second-order valence-electron chi connectivity index (χ2n) is 5.45. The topological polar surface area (TPSA) is 90.6 Å². The zero-order valence-electron chi connectivity index (χ0n) is 12.7. The lowest BCUT2D eigenvalue weighted by Crippen LogP contribution is -2.29. The lowest BCUT2D eigenvalue weighted by Gasteiger charge is -2.15. The van der Waals surface area contributed by atoms with Gasteiger partial charge in [-0.3, -0.25) is 9.59 Å². The summed E-state index contributed by atoms with van der Waals surface area (Å²) in [7, 11) is 0. The first kappa shape index (κ1) is 15.0. The molecular formula is C15H20N4O2. The van der Waals surface area contributed by atoms with Gasteiger partial charge in [-0.15, -0.1) is 0 Å². The van der Waals surface area contributed by atoms with E-state index in [1.807, 2.05) is 27.7 Å². The number of pyridine rings is 1. The van der Waals surface area contributed by atoms with Crippen LogP contribution in [0.4, 0.5) is 0 Å². The highest BCUT2D eigenvalue weighted by molar-refractivity contribution is 5.95. The Kier molecular flexibility index (Phi) is 4.26. The molecule has 2 rings (SSSR count). The SMILES string of the molecule is Cc1cnc(C(C)NC(=O)c2ccc(=O)[nH]c2C(C)C)[nH]1. The van der Waals surface area contributed by atoms with Crippen LogP contribution < -0.4 is 10.9 Å². The molecule has 2 aromatic rings. The molecule has 0 aliphatic rings. The Morgan fingerprint density at radius 2 is 1.95 bits per heavy atom. The number of H-pyrrole nitrogens is 2. The Morgan fingerprint density at radius 1 is 1.24 bits per heavy atom. The molecule has 6 heteroatoms. The van der Waals surface area contributed by atoms with Gasteiger partial charge in [-0.05, 0) is 25.8 Å². The number of aromatic nitrogens is 3. The van der Waals surface area contributed by atoms with Crippen LogP contribution in [0.5, 0.6) is 0 Å². The van der Waals surface area contributed by atoms with Gasteiger partial charge in [0, 0.05) is 23.7 Å². The zero-order chi connectivity index (χ0) is 15.6. The molecule has 1 unspecified atom stereocenters. The molecule has 112 valence electrons. The summed E-state index contributed by atoms with van der Waals surface area (Å²) < 4.78 is 0. The Bertz CT molecular complexity index is 700. The molecule has 0 saturated heterocycles. The van der Waals surface area contributed by atoms with Gasteiger partial charge in [0.05, 0.1) is 11.6 Å². The van der Waals surface area contributed by atoms with Crippen molar-refractivity contribution in [1.82, 2.24) is 20.3 Å². The summed E-state index contributed by atoms with van der Waals surface area (Å²) in [4.78, 5) is 33.8. The fourth-order valence-electron chi connectivity index (χ4n) is 2.14. The normalized spacial score (nSPS) is 12.4. The zero-order valence-corrected chi connectivity index (χ0v) is 12.7. The van der Waals surface area contributed by atoms with E-state index in [9.17, 15) is 9.59 Å². The Morgan fingerprint density at radius 3 is 2.52 bits per heavy atom. The minimum atomic E-state index is -0.238. The van der Waals surface area contributed by atoms with E-state index in [-0.39, 0.29) is 23.4 Å². The van der Waals surface area contributed by atoms with Gasteiger partial charge < -0.3 is 15.3 Å². The monoisotopic (exact) mass is 288 g/mol. The van der Waals surface area contributed by atoms with Crippen LogP contribution >= 0.6 is 0 Å². The fraction of sp³-hybridized carbons (Fsp3) is 0.400. The summed E-state index contributed by atoms with van der Waals surface area (Å²) >= 11 is 0. The maximum Gasteiger partial charge on any atom is 0.253 e. The summed E-state index contributed by atoms with van der Waals surface area (Å²) in [5.74, 6) is 0.536. The number of rotatable bonds is 4. The molecule has 0 spiro atoms.